The number of aromatic nitrogens is 2. The first-order valence-electron chi connectivity index (χ1n) is 9.39. The number of amides is 1. The molecule has 0 aliphatic rings. The lowest BCUT2D eigenvalue weighted by molar-refractivity contribution is -0.137. The van der Waals surface area contributed by atoms with Crippen molar-refractivity contribution in [2.75, 3.05) is 6.61 Å². The molecule has 1 amide bonds. The van der Waals surface area contributed by atoms with E-state index in [1.54, 1.807) is 31.5 Å². The van der Waals surface area contributed by atoms with Gasteiger partial charge in [-0.1, -0.05) is 6.07 Å². The van der Waals surface area contributed by atoms with Gasteiger partial charge in [0.15, 0.2) is 6.61 Å². The maximum atomic E-state index is 12.6. The minimum absolute atomic E-state index is 0.170. The van der Waals surface area contributed by atoms with Gasteiger partial charge in [0.25, 0.3) is 5.91 Å². The summed E-state index contributed by atoms with van der Waals surface area (Å²) in [4.78, 5) is 20.5. The first kappa shape index (κ1) is 22.1. The molecule has 0 saturated heterocycles. The molecule has 0 radical (unpaired) electrons. The third kappa shape index (κ3) is 6.70. The topological polar surface area (TPSA) is 73.3 Å². The van der Waals surface area contributed by atoms with Crippen LogP contribution in [-0.2, 0) is 17.6 Å². The van der Waals surface area contributed by atoms with E-state index in [9.17, 15) is 18.0 Å². The van der Waals surface area contributed by atoms with E-state index in [0.29, 0.717) is 18.1 Å². The van der Waals surface area contributed by atoms with Gasteiger partial charge < -0.3 is 14.8 Å². The monoisotopic (exact) mass is 431 g/mol. The second kappa shape index (κ2) is 9.92. The zero-order chi connectivity index (χ0) is 22.3. The van der Waals surface area contributed by atoms with Gasteiger partial charge in [-0.25, -0.2) is 0 Å². The van der Waals surface area contributed by atoms with Crippen molar-refractivity contribution in [2.24, 2.45) is 0 Å². The molecule has 0 fully saturated rings. The quantitative estimate of drug-likeness (QED) is 0.575. The number of benzene rings is 1. The number of carbonyl (C=O) groups excluding carboxylic acids is 1. The molecule has 31 heavy (non-hydrogen) atoms. The Morgan fingerprint density at radius 3 is 2.35 bits per heavy atom. The summed E-state index contributed by atoms with van der Waals surface area (Å²) in [5.74, 6) is 0.312. The molecule has 2 aromatic heterocycles. The molecular formula is C22H20F3N3O3. The first-order chi connectivity index (χ1) is 14.8. The Labute approximate surface area is 177 Å². The smallest absolute Gasteiger partial charge is 0.416 e. The predicted molar refractivity (Wildman–Crippen MR) is 106 cm³/mol. The normalized spacial score (nSPS) is 12.1. The molecular weight excluding hydrogens is 411 g/mol. The summed E-state index contributed by atoms with van der Waals surface area (Å²) < 4.78 is 48.5. The maximum absolute atomic E-state index is 12.6. The SMILES string of the molecule is C[C@@H](NC(=O)COc1ccc(C(F)(F)F)cc1)c1ccc(OCc2ccccn2)cn1. The van der Waals surface area contributed by atoms with Crippen LogP contribution in [-0.4, -0.2) is 22.5 Å². The number of nitrogens with zero attached hydrogens (tertiary/aromatic N) is 2. The van der Waals surface area contributed by atoms with Crippen LogP contribution in [0.1, 0.15) is 29.9 Å². The third-order valence-corrected chi connectivity index (χ3v) is 4.24. The van der Waals surface area contributed by atoms with E-state index in [2.05, 4.69) is 15.3 Å². The number of rotatable bonds is 8. The number of pyridine rings is 2. The summed E-state index contributed by atoms with van der Waals surface area (Å²) in [5.41, 5.74) is 0.629. The van der Waals surface area contributed by atoms with Gasteiger partial charge >= 0.3 is 6.18 Å². The Hall–Kier alpha value is -3.62. The van der Waals surface area contributed by atoms with Gasteiger partial charge in [0.1, 0.15) is 18.1 Å². The van der Waals surface area contributed by atoms with Gasteiger partial charge in [-0.2, -0.15) is 13.2 Å². The highest BCUT2D eigenvalue weighted by atomic mass is 19.4. The predicted octanol–water partition coefficient (Wildman–Crippen LogP) is 4.33. The number of carbonyl (C=O) groups is 1. The highest BCUT2D eigenvalue weighted by Crippen LogP contribution is 2.30. The van der Waals surface area contributed by atoms with Gasteiger partial charge in [0.2, 0.25) is 0 Å². The molecule has 1 atom stereocenters. The van der Waals surface area contributed by atoms with E-state index in [1.165, 1.54) is 12.1 Å². The minimum atomic E-state index is -4.42. The highest BCUT2D eigenvalue weighted by Gasteiger charge is 2.30. The van der Waals surface area contributed by atoms with Crippen molar-refractivity contribution in [3.63, 3.8) is 0 Å². The van der Waals surface area contributed by atoms with E-state index in [4.69, 9.17) is 9.47 Å². The van der Waals surface area contributed by atoms with Crippen molar-refractivity contribution in [2.45, 2.75) is 25.7 Å². The summed E-state index contributed by atoms with van der Waals surface area (Å²) in [6.07, 6.45) is -1.18. The molecule has 6 nitrogen and oxygen atoms in total. The van der Waals surface area contributed by atoms with E-state index in [-0.39, 0.29) is 12.4 Å². The number of hydrogen-bond donors (Lipinski definition) is 1. The van der Waals surface area contributed by atoms with Gasteiger partial charge in [-0.05, 0) is 55.5 Å². The van der Waals surface area contributed by atoms with Crippen LogP contribution in [0, 0.1) is 0 Å². The second-order valence-corrected chi connectivity index (χ2v) is 6.63. The van der Waals surface area contributed by atoms with Crippen LogP contribution in [0.3, 0.4) is 0 Å². The Morgan fingerprint density at radius 1 is 1.00 bits per heavy atom. The van der Waals surface area contributed by atoms with Crippen LogP contribution in [0.5, 0.6) is 11.5 Å². The van der Waals surface area contributed by atoms with Crippen LogP contribution in [0.2, 0.25) is 0 Å². The van der Waals surface area contributed by atoms with Gasteiger partial charge in [-0.15, -0.1) is 0 Å². The zero-order valence-electron chi connectivity index (χ0n) is 16.6. The molecule has 3 aromatic rings. The van der Waals surface area contributed by atoms with E-state index in [1.807, 2.05) is 18.2 Å². The van der Waals surface area contributed by atoms with Crippen LogP contribution in [0.15, 0.2) is 67.0 Å². The first-order valence-corrected chi connectivity index (χ1v) is 9.39. The van der Waals surface area contributed by atoms with Crippen LogP contribution >= 0.6 is 0 Å². The molecule has 0 aliphatic carbocycles. The molecule has 0 aliphatic heterocycles. The molecule has 1 N–H and O–H groups in total. The molecule has 162 valence electrons. The van der Waals surface area contributed by atoms with Crippen LogP contribution < -0.4 is 14.8 Å². The maximum Gasteiger partial charge on any atom is 0.416 e. The average Bonchev–Trinajstić information content (AvgIpc) is 2.77. The fraction of sp³-hybridized carbons (Fsp3) is 0.227. The minimum Gasteiger partial charge on any atom is -0.486 e. The zero-order valence-corrected chi connectivity index (χ0v) is 16.6. The molecule has 2 heterocycles. The number of halogens is 3. The lowest BCUT2D eigenvalue weighted by Gasteiger charge is -2.15. The van der Waals surface area contributed by atoms with Crippen molar-refractivity contribution in [3.8, 4) is 11.5 Å². The summed E-state index contributed by atoms with van der Waals surface area (Å²) in [7, 11) is 0. The molecule has 0 unspecified atom stereocenters. The molecule has 3 rings (SSSR count). The van der Waals surface area contributed by atoms with E-state index < -0.39 is 23.7 Å². The van der Waals surface area contributed by atoms with Crippen molar-refractivity contribution in [1.29, 1.82) is 0 Å². The van der Waals surface area contributed by atoms with Gasteiger partial charge in [-0.3, -0.25) is 14.8 Å². The second-order valence-electron chi connectivity index (χ2n) is 6.63. The average molecular weight is 431 g/mol. The van der Waals surface area contributed by atoms with Crippen LogP contribution in [0.4, 0.5) is 13.2 Å². The Balaban J connectivity index is 1.45. The Morgan fingerprint density at radius 2 is 1.74 bits per heavy atom. The fourth-order valence-electron chi connectivity index (χ4n) is 2.62. The van der Waals surface area contributed by atoms with Gasteiger partial charge in [0, 0.05) is 6.20 Å². The summed E-state index contributed by atoms with van der Waals surface area (Å²) in [5, 5.41) is 2.72. The van der Waals surface area contributed by atoms with Crippen LogP contribution in [0.25, 0.3) is 0 Å². The lowest BCUT2D eigenvalue weighted by atomic mass is 10.2. The molecule has 0 spiro atoms. The molecule has 1 aromatic carbocycles. The molecule has 9 heteroatoms. The summed E-state index contributed by atoms with van der Waals surface area (Å²) in [6.45, 7) is 1.74. The Bertz CT molecular complexity index is 979. The van der Waals surface area contributed by atoms with E-state index >= 15 is 0 Å². The van der Waals surface area contributed by atoms with Crippen molar-refractivity contribution in [1.82, 2.24) is 15.3 Å². The van der Waals surface area contributed by atoms with Crippen molar-refractivity contribution < 1.29 is 27.4 Å². The Kier molecular flexibility index (Phi) is 7.07. The number of ether oxygens (including phenoxy) is 2. The fourth-order valence-corrected chi connectivity index (χ4v) is 2.62. The van der Waals surface area contributed by atoms with Crippen molar-refractivity contribution in [3.05, 3.63) is 83.9 Å². The van der Waals surface area contributed by atoms with Gasteiger partial charge in [0.05, 0.1) is 29.2 Å². The largest absolute Gasteiger partial charge is 0.486 e. The molecule has 0 saturated carbocycles. The van der Waals surface area contributed by atoms with E-state index in [0.717, 1.165) is 17.8 Å². The summed E-state index contributed by atoms with van der Waals surface area (Å²) >= 11 is 0. The third-order valence-electron chi connectivity index (χ3n) is 4.24. The summed E-state index contributed by atoms with van der Waals surface area (Å²) in [6, 6.07) is 12.8. The standard InChI is InChI=1S/C22H20F3N3O3/c1-15(20-10-9-19(12-27-20)30-13-17-4-2-3-11-26-17)28-21(29)14-31-18-7-5-16(6-8-18)22(23,24)25/h2-12,15H,13-14H2,1H3,(H,28,29)/t15-/m1/s1. The molecule has 0 bridgehead atoms. The number of alkyl halides is 3. The van der Waals surface area contributed by atoms with Crippen molar-refractivity contribution >= 4 is 5.91 Å². The number of hydrogen-bond acceptors (Lipinski definition) is 5. The number of nitrogens with one attached hydrogen (secondary N) is 1. The highest BCUT2D eigenvalue weighted by molar-refractivity contribution is 5.77. The lowest BCUT2D eigenvalue weighted by Crippen LogP contribution is -2.31.